The first-order valence-electron chi connectivity index (χ1n) is 6.06. The van der Waals surface area contributed by atoms with Crippen LogP contribution in [0.1, 0.15) is 18.9 Å². The molecule has 8 heteroatoms. The number of nitrogens with zero attached hydrogens (tertiary/aromatic N) is 2. The Balaban J connectivity index is 2.07. The normalized spacial score (nSPS) is 20.6. The number of amides is 1. The molecule has 7 nitrogen and oxygen atoms in total. The quantitative estimate of drug-likeness (QED) is 0.571. The summed E-state index contributed by atoms with van der Waals surface area (Å²) in [5.41, 5.74) is 1.40. The predicted molar refractivity (Wildman–Crippen MR) is 79.5 cm³/mol. The van der Waals surface area contributed by atoms with E-state index in [1.54, 1.807) is 19.1 Å². The average molecular weight is 307 g/mol. The molecule has 3 N–H and O–H groups in total. The molecule has 0 unspecified atom stereocenters. The lowest BCUT2D eigenvalue weighted by molar-refractivity contribution is -0.138. The van der Waals surface area contributed by atoms with Crippen LogP contribution in [-0.4, -0.2) is 38.2 Å². The fourth-order valence-corrected chi connectivity index (χ4v) is 2.53. The maximum absolute atomic E-state index is 11.5. The lowest BCUT2D eigenvalue weighted by Crippen LogP contribution is -2.26. The number of amidine groups is 1. The van der Waals surface area contributed by atoms with Crippen LogP contribution >= 0.6 is 11.8 Å². The van der Waals surface area contributed by atoms with Gasteiger partial charge in [0.2, 0.25) is 5.91 Å². The molecule has 1 aromatic carbocycles. The van der Waals surface area contributed by atoms with Crippen LogP contribution in [0.15, 0.2) is 34.5 Å². The molecule has 1 heterocycles. The summed E-state index contributed by atoms with van der Waals surface area (Å²) in [5.74, 6) is -1.25. The van der Waals surface area contributed by atoms with E-state index in [0.717, 1.165) is 17.3 Å². The summed E-state index contributed by atoms with van der Waals surface area (Å²) in [6.45, 7) is 1.74. The molecule has 1 aliphatic heterocycles. The molecule has 1 amide bonds. The fraction of sp³-hybridized carbons (Fsp3) is 0.231. The van der Waals surface area contributed by atoms with E-state index in [0.29, 0.717) is 5.71 Å². The summed E-state index contributed by atoms with van der Waals surface area (Å²) in [4.78, 5) is 22.1. The van der Waals surface area contributed by atoms with Crippen molar-refractivity contribution in [2.45, 2.75) is 18.6 Å². The molecule has 0 aliphatic carbocycles. The monoisotopic (exact) mass is 307 g/mol. The number of thioether (sulfide) groups is 1. The standard InChI is InChI=1S/C13H13N3O4S/c1-7(8-2-4-9(17)5-3-8)15-16-13-14-12(20)10(21-13)6-11(18)19/h2-5,10,17H,6H2,1H3,(H,18,19)(H,14,16,20)/b15-7-/t10-/m0/s1. The van der Waals surface area contributed by atoms with E-state index in [2.05, 4.69) is 15.5 Å². The summed E-state index contributed by atoms with van der Waals surface area (Å²) >= 11 is 1.05. The molecule has 110 valence electrons. The number of phenolic OH excluding ortho intramolecular Hbond substituents is 1. The number of nitrogens with one attached hydrogen (secondary N) is 1. The zero-order chi connectivity index (χ0) is 15.4. The Morgan fingerprint density at radius 2 is 2.05 bits per heavy atom. The van der Waals surface area contributed by atoms with Gasteiger partial charge in [0.05, 0.1) is 12.1 Å². The molecule has 1 aliphatic rings. The molecule has 0 spiro atoms. The van der Waals surface area contributed by atoms with Crippen molar-refractivity contribution >= 4 is 34.5 Å². The highest BCUT2D eigenvalue weighted by Gasteiger charge is 2.32. The Bertz CT molecular complexity index is 625. The topological polar surface area (TPSA) is 111 Å². The van der Waals surface area contributed by atoms with Crippen LogP contribution in [0.3, 0.4) is 0 Å². The Hall–Kier alpha value is -2.35. The zero-order valence-electron chi connectivity index (χ0n) is 11.1. The smallest absolute Gasteiger partial charge is 0.305 e. The van der Waals surface area contributed by atoms with E-state index in [-0.39, 0.29) is 23.2 Å². The summed E-state index contributed by atoms with van der Waals surface area (Å²) in [6, 6.07) is 6.47. The molecule has 1 aromatic rings. The second-order valence-corrected chi connectivity index (χ2v) is 5.52. The number of carbonyl (C=O) groups excluding carboxylic acids is 1. The molecule has 21 heavy (non-hydrogen) atoms. The molecule has 0 radical (unpaired) electrons. The Morgan fingerprint density at radius 1 is 1.38 bits per heavy atom. The molecular weight excluding hydrogens is 294 g/mol. The van der Waals surface area contributed by atoms with Gasteiger partial charge in [0.25, 0.3) is 0 Å². The highest BCUT2D eigenvalue weighted by atomic mass is 32.2. The van der Waals surface area contributed by atoms with Gasteiger partial charge >= 0.3 is 5.97 Å². The number of aromatic hydroxyl groups is 1. The third kappa shape index (κ3) is 4.06. The molecule has 1 fully saturated rings. The SMILES string of the molecule is C/C(=N/N=C1/NC(=O)[C@H](CC(=O)O)S1)c1ccc(O)cc1. The van der Waals surface area contributed by atoms with Gasteiger partial charge in [-0.3, -0.25) is 9.59 Å². The van der Waals surface area contributed by atoms with E-state index >= 15 is 0 Å². The van der Waals surface area contributed by atoms with Gasteiger partial charge in [-0.05, 0) is 36.8 Å². The molecule has 2 rings (SSSR count). The van der Waals surface area contributed by atoms with Crippen LogP contribution in [0.4, 0.5) is 0 Å². The van der Waals surface area contributed by atoms with Crippen LogP contribution in [0.5, 0.6) is 5.75 Å². The lowest BCUT2D eigenvalue weighted by Gasteiger charge is -1.99. The summed E-state index contributed by atoms with van der Waals surface area (Å²) in [5, 5.41) is 27.9. The summed E-state index contributed by atoms with van der Waals surface area (Å²) in [7, 11) is 0. The first-order chi connectivity index (χ1) is 9.95. The number of benzene rings is 1. The molecule has 1 saturated heterocycles. The van der Waals surface area contributed by atoms with Crippen LogP contribution in [0, 0.1) is 0 Å². The minimum atomic E-state index is -1.03. The molecule has 1 atom stereocenters. The number of carbonyl (C=O) groups is 2. The first-order valence-corrected chi connectivity index (χ1v) is 6.94. The maximum atomic E-state index is 11.5. The number of aliphatic carboxylic acids is 1. The van der Waals surface area contributed by atoms with Crippen molar-refractivity contribution < 1.29 is 19.8 Å². The third-order valence-electron chi connectivity index (χ3n) is 2.71. The Labute approximate surface area is 124 Å². The minimum absolute atomic E-state index is 0.160. The van der Waals surface area contributed by atoms with Gasteiger partial charge in [0.1, 0.15) is 11.0 Å². The van der Waals surface area contributed by atoms with Gasteiger partial charge in [-0.1, -0.05) is 11.8 Å². The average Bonchev–Trinajstić information content (AvgIpc) is 2.77. The minimum Gasteiger partial charge on any atom is -0.508 e. The van der Waals surface area contributed by atoms with Crippen LogP contribution in [0.2, 0.25) is 0 Å². The van der Waals surface area contributed by atoms with Gasteiger partial charge in [-0.25, -0.2) is 0 Å². The van der Waals surface area contributed by atoms with E-state index in [1.165, 1.54) is 12.1 Å². The third-order valence-corrected chi connectivity index (χ3v) is 3.78. The highest BCUT2D eigenvalue weighted by molar-refractivity contribution is 8.15. The van der Waals surface area contributed by atoms with Gasteiger partial charge in [-0.15, -0.1) is 5.10 Å². The van der Waals surface area contributed by atoms with Crippen molar-refractivity contribution in [3.05, 3.63) is 29.8 Å². The van der Waals surface area contributed by atoms with Crippen molar-refractivity contribution in [3.8, 4) is 5.75 Å². The molecule has 0 bridgehead atoms. The lowest BCUT2D eigenvalue weighted by atomic mass is 10.1. The molecular formula is C13H13N3O4S. The fourth-order valence-electron chi connectivity index (χ4n) is 1.63. The number of hydrogen-bond acceptors (Lipinski definition) is 6. The first kappa shape index (κ1) is 15.0. The van der Waals surface area contributed by atoms with Crippen molar-refractivity contribution in [2.75, 3.05) is 0 Å². The predicted octanol–water partition coefficient (Wildman–Crippen LogP) is 1.18. The Kier molecular flexibility index (Phi) is 4.59. The highest BCUT2D eigenvalue weighted by Crippen LogP contribution is 2.22. The van der Waals surface area contributed by atoms with Crippen molar-refractivity contribution in [1.29, 1.82) is 0 Å². The number of hydrogen-bond donors (Lipinski definition) is 3. The second kappa shape index (κ2) is 6.40. The van der Waals surface area contributed by atoms with Crippen molar-refractivity contribution in [2.24, 2.45) is 10.2 Å². The van der Waals surface area contributed by atoms with Crippen LogP contribution in [-0.2, 0) is 9.59 Å². The maximum Gasteiger partial charge on any atom is 0.305 e. The largest absolute Gasteiger partial charge is 0.508 e. The van der Waals surface area contributed by atoms with Crippen molar-refractivity contribution in [1.82, 2.24) is 5.32 Å². The van der Waals surface area contributed by atoms with Gasteiger partial charge in [0.15, 0.2) is 5.17 Å². The summed E-state index contributed by atoms with van der Waals surface area (Å²) < 4.78 is 0. The Morgan fingerprint density at radius 3 is 2.67 bits per heavy atom. The number of carboxylic acids is 1. The van der Waals surface area contributed by atoms with E-state index in [9.17, 15) is 14.7 Å². The number of carboxylic acid groups (broad SMARTS) is 1. The van der Waals surface area contributed by atoms with Crippen molar-refractivity contribution in [3.63, 3.8) is 0 Å². The van der Waals surface area contributed by atoms with Gasteiger partial charge < -0.3 is 15.5 Å². The van der Waals surface area contributed by atoms with E-state index in [4.69, 9.17) is 5.11 Å². The van der Waals surface area contributed by atoms with E-state index < -0.39 is 11.2 Å². The molecule has 0 aromatic heterocycles. The second-order valence-electron chi connectivity index (χ2n) is 4.33. The van der Waals surface area contributed by atoms with Crippen LogP contribution < -0.4 is 5.32 Å². The summed E-state index contributed by atoms with van der Waals surface area (Å²) in [6.07, 6.45) is -0.254. The number of phenols is 1. The molecule has 0 saturated carbocycles. The van der Waals surface area contributed by atoms with Crippen LogP contribution in [0.25, 0.3) is 0 Å². The van der Waals surface area contributed by atoms with Gasteiger partial charge in [-0.2, -0.15) is 5.10 Å². The van der Waals surface area contributed by atoms with Gasteiger partial charge in [0, 0.05) is 0 Å². The van der Waals surface area contributed by atoms with E-state index in [1.807, 2.05) is 0 Å². The zero-order valence-corrected chi connectivity index (χ0v) is 11.9. The number of rotatable bonds is 4.